The van der Waals surface area contributed by atoms with Crippen LogP contribution in [0.15, 0.2) is 72.3 Å². The Hall–Kier alpha value is -5.10. The lowest BCUT2D eigenvalue weighted by molar-refractivity contribution is -0.132. The molecule has 4 rings (SSSR count). The van der Waals surface area contributed by atoms with Crippen LogP contribution in [0.2, 0.25) is 0 Å². The fourth-order valence-electron chi connectivity index (χ4n) is 4.40. The molecule has 198 valence electrons. The molecule has 1 fully saturated rings. The van der Waals surface area contributed by atoms with Gasteiger partial charge in [0.2, 0.25) is 0 Å². The Bertz CT molecular complexity index is 1500. The lowest BCUT2D eigenvalue weighted by Gasteiger charge is -2.26. The number of ketones is 1. The Kier molecular flexibility index (Phi) is 7.96. The van der Waals surface area contributed by atoms with Crippen LogP contribution in [0.25, 0.3) is 5.76 Å². The first kappa shape index (κ1) is 26.9. The van der Waals surface area contributed by atoms with Crippen molar-refractivity contribution in [1.82, 2.24) is 0 Å². The zero-order valence-corrected chi connectivity index (χ0v) is 21.6. The van der Waals surface area contributed by atoms with Gasteiger partial charge in [-0.2, -0.15) is 5.26 Å². The van der Waals surface area contributed by atoms with Gasteiger partial charge in [0, 0.05) is 18.7 Å². The number of esters is 1. The zero-order valence-electron chi connectivity index (χ0n) is 21.6. The van der Waals surface area contributed by atoms with E-state index >= 15 is 0 Å². The first-order valence-corrected chi connectivity index (χ1v) is 12.3. The van der Waals surface area contributed by atoms with Crippen molar-refractivity contribution in [2.24, 2.45) is 0 Å². The van der Waals surface area contributed by atoms with Crippen molar-refractivity contribution in [1.29, 1.82) is 5.26 Å². The Morgan fingerprint density at radius 1 is 0.974 bits per heavy atom. The van der Waals surface area contributed by atoms with Crippen molar-refractivity contribution < 1.29 is 33.7 Å². The number of carbonyl (C=O) groups is 3. The van der Waals surface area contributed by atoms with Crippen molar-refractivity contribution in [3.05, 3.63) is 89.0 Å². The van der Waals surface area contributed by atoms with Gasteiger partial charge in [0.1, 0.15) is 23.0 Å². The maximum atomic E-state index is 13.5. The van der Waals surface area contributed by atoms with Crippen molar-refractivity contribution in [2.45, 2.75) is 26.8 Å². The molecule has 39 heavy (non-hydrogen) atoms. The molecule has 0 aromatic heterocycles. The van der Waals surface area contributed by atoms with Gasteiger partial charge < -0.3 is 19.3 Å². The molecule has 0 saturated carbocycles. The standard InChI is InChI=1S/C30H26N2O7/c1-4-37-22-13-14-24(25(16-22)38-5-2)28(34)26-27(20-7-6-8-23(15-20)39-18(3)33)32(30(36)29(26)35)21-11-9-19(17-31)10-12-21/h6-16,27,34H,4-5H2,1-3H3/b28-26+. The summed E-state index contributed by atoms with van der Waals surface area (Å²) in [5.41, 5.74) is 1.17. The zero-order chi connectivity index (χ0) is 28.1. The van der Waals surface area contributed by atoms with Gasteiger partial charge in [0.15, 0.2) is 0 Å². The van der Waals surface area contributed by atoms with Crippen LogP contribution in [0.1, 0.15) is 43.5 Å². The van der Waals surface area contributed by atoms with E-state index in [1.807, 2.05) is 13.0 Å². The van der Waals surface area contributed by atoms with Crippen LogP contribution in [0, 0.1) is 11.3 Å². The molecular weight excluding hydrogens is 500 g/mol. The Morgan fingerprint density at radius 2 is 1.69 bits per heavy atom. The molecule has 0 radical (unpaired) electrons. The molecule has 1 atom stereocenters. The Balaban J connectivity index is 1.95. The van der Waals surface area contributed by atoms with Crippen molar-refractivity contribution in [3.63, 3.8) is 0 Å². The number of amides is 1. The van der Waals surface area contributed by atoms with Gasteiger partial charge in [-0.3, -0.25) is 19.3 Å². The number of rotatable bonds is 8. The van der Waals surface area contributed by atoms with Gasteiger partial charge in [0.25, 0.3) is 11.7 Å². The third kappa shape index (κ3) is 5.45. The molecule has 1 aliphatic rings. The molecule has 0 spiro atoms. The summed E-state index contributed by atoms with van der Waals surface area (Å²) in [7, 11) is 0. The predicted octanol–water partition coefficient (Wildman–Crippen LogP) is 4.91. The lowest BCUT2D eigenvalue weighted by Crippen LogP contribution is -2.29. The second-order valence-electron chi connectivity index (χ2n) is 8.52. The molecule has 0 aliphatic carbocycles. The smallest absolute Gasteiger partial charge is 0.308 e. The highest BCUT2D eigenvalue weighted by molar-refractivity contribution is 6.51. The number of nitriles is 1. The minimum absolute atomic E-state index is 0.172. The van der Waals surface area contributed by atoms with E-state index in [9.17, 15) is 24.8 Å². The maximum absolute atomic E-state index is 13.5. The third-order valence-electron chi connectivity index (χ3n) is 5.97. The molecule has 9 nitrogen and oxygen atoms in total. The fourth-order valence-corrected chi connectivity index (χ4v) is 4.40. The summed E-state index contributed by atoms with van der Waals surface area (Å²) in [6, 6.07) is 18.3. The quantitative estimate of drug-likeness (QED) is 0.144. The van der Waals surface area contributed by atoms with Gasteiger partial charge in [-0.25, -0.2) is 0 Å². The van der Waals surface area contributed by atoms with Crippen LogP contribution in [0.5, 0.6) is 17.2 Å². The molecule has 3 aromatic carbocycles. The summed E-state index contributed by atoms with van der Waals surface area (Å²) in [6.45, 7) is 5.58. The first-order valence-electron chi connectivity index (χ1n) is 12.3. The third-order valence-corrected chi connectivity index (χ3v) is 5.97. The number of aliphatic hydroxyl groups is 1. The Morgan fingerprint density at radius 3 is 2.33 bits per heavy atom. The highest BCUT2D eigenvalue weighted by Gasteiger charge is 2.47. The number of carbonyl (C=O) groups excluding carboxylic acids is 3. The van der Waals surface area contributed by atoms with E-state index in [0.29, 0.717) is 29.2 Å². The van der Waals surface area contributed by atoms with Gasteiger partial charge in [-0.05, 0) is 67.9 Å². The number of anilines is 1. The van der Waals surface area contributed by atoms with E-state index in [2.05, 4.69) is 0 Å². The van der Waals surface area contributed by atoms with E-state index in [0.717, 1.165) is 0 Å². The van der Waals surface area contributed by atoms with Gasteiger partial charge in [-0.1, -0.05) is 12.1 Å². The van der Waals surface area contributed by atoms with E-state index < -0.39 is 29.5 Å². The minimum Gasteiger partial charge on any atom is -0.507 e. The van der Waals surface area contributed by atoms with Crippen LogP contribution in [-0.2, 0) is 14.4 Å². The molecule has 1 amide bonds. The monoisotopic (exact) mass is 526 g/mol. The molecule has 3 aromatic rings. The van der Waals surface area contributed by atoms with Crippen molar-refractivity contribution >= 4 is 29.1 Å². The van der Waals surface area contributed by atoms with E-state index in [4.69, 9.17) is 14.2 Å². The molecule has 1 N–H and O–H groups in total. The Labute approximate surface area is 225 Å². The highest BCUT2D eigenvalue weighted by atomic mass is 16.5. The SMILES string of the molecule is CCOc1ccc(/C(O)=C2\C(=O)C(=O)N(c3ccc(C#N)cc3)C2c2cccc(OC(C)=O)c2)c(OCC)c1. The first-order chi connectivity index (χ1) is 18.8. The summed E-state index contributed by atoms with van der Waals surface area (Å²) in [4.78, 5) is 39.8. The summed E-state index contributed by atoms with van der Waals surface area (Å²) < 4.78 is 16.5. The van der Waals surface area contributed by atoms with E-state index in [1.54, 1.807) is 55.5 Å². The molecule has 0 bridgehead atoms. The lowest BCUT2D eigenvalue weighted by atomic mass is 9.94. The summed E-state index contributed by atoms with van der Waals surface area (Å²) in [5.74, 6) is -1.74. The molecule has 9 heteroatoms. The summed E-state index contributed by atoms with van der Waals surface area (Å²) >= 11 is 0. The van der Waals surface area contributed by atoms with Crippen LogP contribution in [0.4, 0.5) is 5.69 Å². The van der Waals surface area contributed by atoms with Crippen molar-refractivity contribution in [2.75, 3.05) is 18.1 Å². The van der Waals surface area contributed by atoms with Crippen LogP contribution >= 0.6 is 0 Å². The summed E-state index contributed by atoms with van der Waals surface area (Å²) in [5, 5.41) is 20.8. The number of hydrogen-bond acceptors (Lipinski definition) is 8. The minimum atomic E-state index is -1.07. The van der Waals surface area contributed by atoms with E-state index in [-0.39, 0.29) is 29.2 Å². The van der Waals surface area contributed by atoms with E-state index in [1.165, 1.54) is 30.0 Å². The second-order valence-corrected chi connectivity index (χ2v) is 8.52. The number of benzene rings is 3. The number of nitrogens with zero attached hydrogens (tertiary/aromatic N) is 2. The number of hydrogen-bond donors (Lipinski definition) is 1. The van der Waals surface area contributed by atoms with Crippen molar-refractivity contribution in [3.8, 4) is 23.3 Å². The fraction of sp³-hybridized carbons (Fsp3) is 0.200. The predicted molar refractivity (Wildman–Crippen MR) is 142 cm³/mol. The molecular formula is C30H26N2O7. The largest absolute Gasteiger partial charge is 0.507 e. The van der Waals surface area contributed by atoms with Gasteiger partial charge in [0.05, 0.1) is 42.0 Å². The molecule has 1 unspecified atom stereocenters. The molecule has 1 heterocycles. The molecule has 1 aliphatic heterocycles. The number of Topliss-reactive ketones (excluding diaryl/α,β-unsaturated/α-hetero) is 1. The molecule has 1 saturated heterocycles. The van der Waals surface area contributed by atoms with Crippen LogP contribution < -0.4 is 19.1 Å². The number of aliphatic hydroxyl groups excluding tert-OH is 1. The normalized spacial score (nSPS) is 16.1. The van der Waals surface area contributed by atoms with Crippen LogP contribution in [0.3, 0.4) is 0 Å². The van der Waals surface area contributed by atoms with Crippen LogP contribution in [-0.4, -0.2) is 36.0 Å². The summed E-state index contributed by atoms with van der Waals surface area (Å²) in [6.07, 6.45) is 0. The number of ether oxygens (including phenoxy) is 3. The maximum Gasteiger partial charge on any atom is 0.308 e. The highest BCUT2D eigenvalue weighted by Crippen LogP contribution is 2.44. The topological polar surface area (TPSA) is 126 Å². The van der Waals surface area contributed by atoms with Gasteiger partial charge in [-0.15, -0.1) is 0 Å². The second kappa shape index (κ2) is 11.5. The van der Waals surface area contributed by atoms with Gasteiger partial charge >= 0.3 is 5.97 Å². The average Bonchev–Trinajstić information content (AvgIpc) is 3.19. The average molecular weight is 527 g/mol.